The number of hydrogen-bond acceptors (Lipinski definition) is 6. The molecule has 2 aliphatic rings. The SMILES string of the molecule is Cc1ncsc1C(=O)N1CCN(c2ccc(C3CC3)nn2)CC1. The van der Waals surface area contributed by atoms with Gasteiger partial charge in [-0.3, -0.25) is 4.79 Å². The van der Waals surface area contributed by atoms with Crippen LogP contribution < -0.4 is 4.90 Å². The van der Waals surface area contributed by atoms with E-state index in [0.29, 0.717) is 19.0 Å². The second-order valence-electron chi connectivity index (χ2n) is 6.14. The van der Waals surface area contributed by atoms with Gasteiger partial charge in [-0.2, -0.15) is 5.10 Å². The highest BCUT2D eigenvalue weighted by atomic mass is 32.1. The molecule has 0 aromatic carbocycles. The molecule has 1 amide bonds. The summed E-state index contributed by atoms with van der Waals surface area (Å²) in [6, 6.07) is 4.16. The fourth-order valence-corrected chi connectivity index (χ4v) is 3.66. The zero-order valence-electron chi connectivity index (χ0n) is 13.1. The van der Waals surface area contributed by atoms with Crippen LogP contribution in [0, 0.1) is 6.92 Å². The molecule has 2 aromatic heterocycles. The van der Waals surface area contributed by atoms with Crippen molar-refractivity contribution in [1.29, 1.82) is 0 Å². The molecule has 1 saturated carbocycles. The van der Waals surface area contributed by atoms with Crippen LogP contribution in [0.3, 0.4) is 0 Å². The van der Waals surface area contributed by atoms with Gasteiger partial charge in [0.1, 0.15) is 4.88 Å². The predicted molar refractivity (Wildman–Crippen MR) is 89.0 cm³/mol. The van der Waals surface area contributed by atoms with Crippen molar-refractivity contribution >= 4 is 23.1 Å². The van der Waals surface area contributed by atoms with E-state index in [1.807, 2.05) is 11.8 Å². The van der Waals surface area contributed by atoms with Gasteiger partial charge in [-0.15, -0.1) is 16.4 Å². The number of rotatable bonds is 3. The second-order valence-corrected chi connectivity index (χ2v) is 6.99. The number of carbonyl (C=O) groups is 1. The topological polar surface area (TPSA) is 62.2 Å². The number of thiazole rings is 1. The van der Waals surface area contributed by atoms with Gasteiger partial charge in [0.05, 0.1) is 16.9 Å². The van der Waals surface area contributed by atoms with Gasteiger partial charge in [0.15, 0.2) is 5.82 Å². The van der Waals surface area contributed by atoms with Crippen LogP contribution in [0.25, 0.3) is 0 Å². The summed E-state index contributed by atoms with van der Waals surface area (Å²) in [6.07, 6.45) is 2.48. The summed E-state index contributed by atoms with van der Waals surface area (Å²) in [5.74, 6) is 1.64. The summed E-state index contributed by atoms with van der Waals surface area (Å²) in [5, 5.41) is 8.71. The van der Waals surface area contributed by atoms with Crippen LogP contribution in [-0.2, 0) is 0 Å². The number of piperazine rings is 1. The third kappa shape index (κ3) is 2.93. The number of amides is 1. The highest BCUT2D eigenvalue weighted by Crippen LogP contribution is 2.38. The maximum atomic E-state index is 12.5. The smallest absolute Gasteiger partial charge is 0.265 e. The van der Waals surface area contributed by atoms with E-state index in [2.05, 4.69) is 32.2 Å². The maximum absolute atomic E-state index is 12.5. The Kier molecular flexibility index (Phi) is 3.72. The largest absolute Gasteiger partial charge is 0.352 e. The van der Waals surface area contributed by atoms with Crippen molar-refractivity contribution in [2.24, 2.45) is 0 Å². The molecule has 4 rings (SSSR count). The molecule has 1 saturated heterocycles. The van der Waals surface area contributed by atoms with Gasteiger partial charge in [0.25, 0.3) is 5.91 Å². The first kappa shape index (κ1) is 14.6. The van der Waals surface area contributed by atoms with E-state index in [-0.39, 0.29) is 5.91 Å². The first-order valence-corrected chi connectivity index (χ1v) is 8.88. The van der Waals surface area contributed by atoms with Crippen LogP contribution in [-0.4, -0.2) is 52.2 Å². The summed E-state index contributed by atoms with van der Waals surface area (Å²) < 4.78 is 0. The molecule has 0 radical (unpaired) electrons. The van der Waals surface area contributed by atoms with Crippen LogP contribution in [0.1, 0.15) is 39.8 Å². The average molecular weight is 329 g/mol. The van der Waals surface area contributed by atoms with Gasteiger partial charge in [0.2, 0.25) is 0 Å². The van der Waals surface area contributed by atoms with E-state index in [4.69, 9.17) is 0 Å². The molecule has 1 aliphatic heterocycles. The van der Waals surface area contributed by atoms with Gasteiger partial charge < -0.3 is 9.80 Å². The molecule has 0 atom stereocenters. The Bertz CT molecular complexity index is 702. The molecule has 7 heteroatoms. The Morgan fingerprint density at radius 3 is 2.52 bits per heavy atom. The van der Waals surface area contributed by atoms with E-state index in [0.717, 1.165) is 35.2 Å². The minimum atomic E-state index is 0.0971. The Hall–Kier alpha value is -2.02. The van der Waals surface area contributed by atoms with Gasteiger partial charge in [-0.25, -0.2) is 4.98 Å². The van der Waals surface area contributed by atoms with Crippen LogP contribution in [0.5, 0.6) is 0 Å². The number of nitrogens with zero attached hydrogens (tertiary/aromatic N) is 5. The highest BCUT2D eigenvalue weighted by Gasteiger charge is 2.27. The number of aryl methyl sites for hydroxylation is 1. The first-order chi connectivity index (χ1) is 11.2. The molecule has 1 aliphatic carbocycles. The first-order valence-electron chi connectivity index (χ1n) is 8.00. The molecule has 3 heterocycles. The fourth-order valence-electron chi connectivity index (χ4n) is 2.89. The summed E-state index contributed by atoms with van der Waals surface area (Å²) in [7, 11) is 0. The van der Waals surface area contributed by atoms with Crippen molar-refractivity contribution in [3.8, 4) is 0 Å². The van der Waals surface area contributed by atoms with Crippen LogP contribution in [0.4, 0.5) is 5.82 Å². The third-order valence-corrected chi connectivity index (χ3v) is 5.41. The number of carbonyl (C=O) groups excluding carboxylic acids is 1. The lowest BCUT2D eigenvalue weighted by Crippen LogP contribution is -2.49. The highest BCUT2D eigenvalue weighted by molar-refractivity contribution is 7.11. The summed E-state index contributed by atoms with van der Waals surface area (Å²) >= 11 is 1.42. The van der Waals surface area contributed by atoms with E-state index < -0.39 is 0 Å². The molecular formula is C16H19N5OS. The summed E-state index contributed by atoms with van der Waals surface area (Å²) in [4.78, 5) is 21.5. The number of aromatic nitrogens is 3. The lowest BCUT2D eigenvalue weighted by Gasteiger charge is -2.35. The molecule has 0 unspecified atom stereocenters. The molecule has 2 aromatic rings. The zero-order valence-corrected chi connectivity index (χ0v) is 13.9. The number of hydrogen-bond donors (Lipinski definition) is 0. The van der Waals surface area contributed by atoms with Crippen LogP contribution in [0.15, 0.2) is 17.6 Å². The standard InChI is InChI=1S/C16H19N5OS/c1-11-15(23-10-17-11)16(22)21-8-6-20(7-9-21)14-5-4-13(18-19-14)12-2-3-12/h4-5,10,12H,2-3,6-9H2,1H3. The Balaban J connectivity index is 1.38. The normalized spacial score (nSPS) is 18.3. The Morgan fingerprint density at radius 2 is 1.96 bits per heavy atom. The van der Waals surface area contributed by atoms with Crippen molar-refractivity contribution in [2.45, 2.75) is 25.7 Å². The fraction of sp³-hybridized carbons (Fsp3) is 0.500. The Morgan fingerprint density at radius 1 is 1.17 bits per heavy atom. The minimum Gasteiger partial charge on any atom is -0.352 e. The van der Waals surface area contributed by atoms with Crippen LogP contribution >= 0.6 is 11.3 Å². The van der Waals surface area contributed by atoms with E-state index in [9.17, 15) is 4.79 Å². The van der Waals surface area contributed by atoms with E-state index >= 15 is 0 Å². The van der Waals surface area contributed by atoms with Crippen molar-refractivity contribution < 1.29 is 4.79 Å². The molecule has 6 nitrogen and oxygen atoms in total. The van der Waals surface area contributed by atoms with Gasteiger partial charge in [0, 0.05) is 32.1 Å². The Labute approximate surface area is 139 Å². The lowest BCUT2D eigenvalue weighted by atomic mass is 10.2. The molecule has 120 valence electrons. The van der Waals surface area contributed by atoms with E-state index in [1.54, 1.807) is 5.51 Å². The van der Waals surface area contributed by atoms with Crippen molar-refractivity contribution in [1.82, 2.24) is 20.1 Å². The second kappa shape index (κ2) is 5.88. The monoisotopic (exact) mass is 329 g/mol. The van der Waals surface area contributed by atoms with Crippen molar-refractivity contribution in [3.05, 3.63) is 33.9 Å². The van der Waals surface area contributed by atoms with Crippen molar-refractivity contribution in [3.63, 3.8) is 0 Å². The quantitative estimate of drug-likeness (QED) is 0.863. The molecule has 2 fully saturated rings. The summed E-state index contributed by atoms with van der Waals surface area (Å²) in [6.45, 7) is 4.89. The molecule has 0 N–H and O–H groups in total. The van der Waals surface area contributed by atoms with Gasteiger partial charge in [-0.05, 0) is 31.9 Å². The lowest BCUT2D eigenvalue weighted by molar-refractivity contribution is 0.0750. The van der Waals surface area contributed by atoms with Gasteiger partial charge >= 0.3 is 0 Å². The van der Waals surface area contributed by atoms with Crippen molar-refractivity contribution in [2.75, 3.05) is 31.1 Å². The van der Waals surface area contributed by atoms with E-state index in [1.165, 1.54) is 24.2 Å². The third-order valence-electron chi connectivity index (χ3n) is 4.50. The molecule has 0 spiro atoms. The van der Waals surface area contributed by atoms with Gasteiger partial charge in [-0.1, -0.05) is 0 Å². The summed E-state index contributed by atoms with van der Waals surface area (Å²) in [5.41, 5.74) is 3.67. The number of anilines is 1. The average Bonchev–Trinajstić information content (AvgIpc) is 3.36. The predicted octanol–water partition coefficient (Wildman–Crippen LogP) is 2.08. The van der Waals surface area contributed by atoms with Crippen LogP contribution in [0.2, 0.25) is 0 Å². The zero-order chi connectivity index (χ0) is 15.8. The molecule has 23 heavy (non-hydrogen) atoms. The minimum absolute atomic E-state index is 0.0971. The molecule has 0 bridgehead atoms. The maximum Gasteiger partial charge on any atom is 0.265 e. The molecular weight excluding hydrogens is 310 g/mol.